The van der Waals surface area contributed by atoms with E-state index in [2.05, 4.69) is 291 Å². The summed E-state index contributed by atoms with van der Waals surface area (Å²) in [7, 11) is 0. The molecule has 4 aliphatic rings. The lowest BCUT2D eigenvalue weighted by Crippen LogP contribution is -2.61. The number of fused-ring (bicyclic) bond motifs is 8. The van der Waals surface area contributed by atoms with Crippen LogP contribution < -0.4 is 52.4 Å². The molecule has 0 saturated heterocycles. The molecule has 0 spiro atoms. The molecule has 77 heavy (non-hydrogen) atoms. The van der Waals surface area contributed by atoms with Gasteiger partial charge in [-0.05, 0) is 198 Å². The Labute approximate surface area is 452 Å². The molecule has 4 heterocycles. The standard InChI is InChI=1S/C71H54B2N4/c1-45-24-30-56(31-25-45)76-64-34-28-47(3)38-60(64)72-58-20-12-14-22-62(58)74(54-16-8-6-9-17-54)66-41-52(43-68(76)70(66)72)50-36-49(5)37-51(40-50)53-42-67-71-69(44-53)77(57-32-26-46(2)27-33-57)65-35-29-48(4)39-61(65)73(71)59-21-13-15-23-63(59)75(67)55-18-10-7-11-19-55/h6-44H,1-5H3. The third-order valence-electron chi connectivity index (χ3n) is 16.6. The van der Waals surface area contributed by atoms with Crippen LogP contribution in [-0.4, -0.2) is 13.4 Å². The summed E-state index contributed by atoms with van der Waals surface area (Å²) in [6.45, 7) is 11.1. The number of hydrogen-bond acceptors (Lipinski definition) is 4. The maximum absolute atomic E-state index is 2.53. The first kappa shape index (κ1) is 45.2. The molecule has 4 aliphatic heterocycles. The maximum Gasteiger partial charge on any atom is 0.252 e. The molecule has 0 fully saturated rings. The summed E-state index contributed by atoms with van der Waals surface area (Å²) in [5, 5.41) is 0. The number of hydrogen-bond donors (Lipinski definition) is 0. The molecule has 4 nitrogen and oxygen atoms in total. The Morgan fingerprint density at radius 1 is 0.221 bits per heavy atom. The van der Waals surface area contributed by atoms with E-state index in [4.69, 9.17) is 0 Å². The summed E-state index contributed by atoms with van der Waals surface area (Å²) >= 11 is 0. The average Bonchev–Trinajstić information content (AvgIpc) is 3.63. The summed E-state index contributed by atoms with van der Waals surface area (Å²) in [5.74, 6) is 0. The van der Waals surface area contributed by atoms with Crippen molar-refractivity contribution in [1.82, 2.24) is 0 Å². The first-order chi connectivity index (χ1) is 37.7. The number of benzene rings is 11. The van der Waals surface area contributed by atoms with Crippen molar-refractivity contribution in [1.29, 1.82) is 0 Å². The number of aryl methyl sites for hydroxylation is 5. The minimum Gasteiger partial charge on any atom is -0.311 e. The van der Waals surface area contributed by atoms with Crippen molar-refractivity contribution in [3.63, 3.8) is 0 Å². The number of rotatable bonds is 6. The van der Waals surface area contributed by atoms with Crippen molar-refractivity contribution in [3.8, 4) is 22.3 Å². The van der Waals surface area contributed by atoms with Gasteiger partial charge in [0.15, 0.2) is 0 Å². The van der Waals surface area contributed by atoms with Crippen LogP contribution in [0.5, 0.6) is 0 Å². The van der Waals surface area contributed by atoms with Gasteiger partial charge in [0.2, 0.25) is 0 Å². The van der Waals surface area contributed by atoms with E-state index < -0.39 is 0 Å². The molecule has 0 radical (unpaired) electrons. The molecule has 0 amide bonds. The van der Waals surface area contributed by atoms with Crippen LogP contribution in [0.3, 0.4) is 0 Å². The van der Waals surface area contributed by atoms with Crippen LogP contribution >= 0.6 is 0 Å². The quantitative estimate of drug-likeness (QED) is 0.154. The molecule has 11 aromatic rings. The Bertz CT molecular complexity index is 3920. The monoisotopic (exact) mass is 984 g/mol. The highest BCUT2D eigenvalue weighted by Gasteiger charge is 2.45. The first-order valence-electron chi connectivity index (χ1n) is 27.1. The zero-order valence-corrected chi connectivity index (χ0v) is 44.0. The maximum atomic E-state index is 2.53. The van der Waals surface area contributed by atoms with Crippen LogP contribution in [0.1, 0.15) is 27.8 Å². The molecule has 0 aliphatic carbocycles. The Balaban J connectivity index is 0.993. The minimum atomic E-state index is 0.0365. The third kappa shape index (κ3) is 7.08. The van der Waals surface area contributed by atoms with Crippen LogP contribution in [0.4, 0.5) is 68.2 Å². The Morgan fingerprint density at radius 2 is 0.532 bits per heavy atom. The highest BCUT2D eigenvalue weighted by Crippen LogP contribution is 2.49. The predicted octanol–water partition coefficient (Wildman–Crippen LogP) is 14.7. The van der Waals surface area contributed by atoms with E-state index in [1.54, 1.807) is 0 Å². The lowest BCUT2D eigenvalue weighted by Gasteiger charge is -2.44. The molecule has 0 atom stereocenters. The van der Waals surface area contributed by atoms with Gasteiger partial charge in [-0.2, -0.15) is 0 Å². The van der Waals surface area contributed by atoms with Crippen molar-refractivity contribution in [2.24, 2.45) is 0 Å². The van der Waals surface area contributed by atoms with Crippen LogP contribution in [0.25, 0.3) is 22.3 Å². The van der Waals surface area contributed by atoms with Crippen molar-refractivity contribution in [2.45, 2.75) is 34.6 Å². The van der Waals surface area contributed by atoms with Gasteiger partial charge in [-0.25, -0.2) is 0 Å². The molecule has 6 heteroatoms. The molecular formula is C71H54B2N4. The van der Waals surface area contributed by atoms with Crippen molar-refractivity contribution >= 4 is 114 Å². The van der Waals surface area contributed by atoms with Gasteiger partial charge in [0.1, 0.15) is 0 Å². The van der Waals surface area contributed by atoms with E-state index >= 15 is 0 Å². The van der Waals surface area contributed by atoms with E-state index in [0.29, 0.717) is 0 Å². The second-order valence-electron chi connectivity index (χ2n) is 21.7. The number of nitrogens with zero attached hydrogens (tertiary/aromatic N) is 4. The SMILES string of the molecule is Cc1ccc(N2c3ccc(C)cc3B3c4ccccc4N(c4ccccc4)c4cc(-c5cc(C)cc(-c6cc7c8c(c6)N(c6ccc(C)cc6)c6ccc(C)cc6B8c6ccccc6N7c6ccccc6)c5)cc2c43)cc1. The second kappa shape index (κ2) is 17.4. The highest BCUT2D eigenvalue weighted by molar-refractivity contribution is 7.01. The lowest BCUT2D eigenvalue weighted by atomic mass is 9.33. The number of para-hydroxylation sites is 4. The molecule has 0 saturated carbocycles. The van der Waals surface area contributed by atoms with Crippen LogP contribution in [0.2, 0.25) is 0 Å². The Kier molecular flexibility index (Phi) is 10.2. The fourth-order valence-corrected chi connectivity index (χ4v) is 13.2. The van der Waals surface area contributed by atoms with E-state index in [0.717, 1.165) is 22.7 Å². The molecule has 0 aromatic heterocycles. The first-order valence-corrected chi connectivity index (χ1v) is 27.1. The van der Waals surface area contributed by atoms with Crippen molar-refractivity contribution in [2.75, 3.05) is 19.6 Å². The summed E-state index contributed by atoms with van der Waals surface area (Å²) in [6.07, 6.45) is 0. The lowest BCUT2D eigenvalue weighted by molar-refractivity contribution is 1.24. The van der Waals surface area contributed by atoms with Crippen molar-refractivity contribution in [3.05, 3.63) is 264 Å². The summed E-state index contributed by atoms with van der Waals surface area (Å²) in [6, 6.07) is 89.4. The van der Waals surface area contributed by atoms with Gasteiger partial charge < -0.3 is 19.6 Å². The van der Waals surface area contributed by atoms with E-state index in [1.165, 1.54) is 128 Å². The minimum absolute atomic E-state index is 0.0365. The summed E-state index contributed by atoms with van der Waals surface area (Å²) < 4.78 is 0. The molecule has 0 unspecified atom stereocenters. The molecule has 0 bridgehead atoms. The zero-order chi connectivity index (χ0) is 51.6. The van der Waals surface area contributed by atoms with E-state index in [-0.39, 0.29) is 13.4 Å². The van der Waals surface area contributed by atoms with E-state index in [1.807, 2.05) is 0 Å². The Morgan fingerprint density at radius 3 is 0.922 bits per heavy atom. The van der Waals surface area contributed by atoms with Gasteiger partial charge >= 0.3 is 0 Å². The molecule has 15 rings (SSSR count). The zero-order valence-electron chi connectivity index (χ0n) is 44.0. The fourth-order valence-electron chi connectivity index (χ4n) is 13.2. The highest BCUT2D eigenvalue weighted by atomic mass is 15.2. The van der Waals surface area contributed by atoms with Crippen LogP contribution in [0, 0.1) is 34.6 Å². The summed E-state index contributed by atoms with van der Waals surface area (Å²) in [4.78, 5) is 10.1. The van der Waals surface area contributed by atoms with Crippen LogP contribution in [-0.2, 0) is 0 Å². The smallest absolute Gasteiger partial charge is 0.252 e. The van der Waals surface area contributed by atoms with Crippen molar-refractivity contribution < 1.29 is 0 Å². The van der Waals surface area contributed by atoms with Gasteiger partial charge in [-0.15, -0.1) is 0 Å². The Hall–Kier alpha value is -9.25. The molecule has 364 valence electrons. The number of anilines is 12. The van der Waals surface area contributed by atoms with Gasteiger partial charge in [0, 0.05) is 68.2 Å². The molecule has 11 aromatic carbocycles. The summed E-state index contributed by atoms with van der Waals surface area (Å²) in [5.41, 5.74) is 33.0. The van der Waals surface area contributed by atoms with Gasteiger partial charge in [-0.1, -0.05) is 156 Å². The fraction of sp³-hybridized carbons (Fsp3) is 0.0704. The molecular weight excluding hydrogens is 930 g/mol. The predicted molar refractivity (Wildman–Crippen MR) is 329 cm³/mol. The van der Waals surface area contributed by atoms with Gasteiger partial charge in [0.05, 0.1) is 0 Å². The van der Waals surface area contributed by atoms with Crippen LogP contribution in [0.15, 0.2) is 237 Å². The largest absolute Gasteiger partial charge is 0.311 e. The second-order valence-corrected chi connectivity index (χ2v) is 21.7. The van der Waals surface area contributed by atoms with Gasteiger partial charge in [0.25, 0.3) is 13.4 Å². The average molecular weight is 985 g/mol. The normalized spacial score (nSPS) is 13.4. The molecule has 0 N–H and O–H groups in total. The van der Waals surface area contributed by atoms with E-state index in [9.17, 15) is 0 Å². The topological polar surface area (TPSA) is 13.0 Å². The van der Waals surface area contributed by atoms with Gasteiger partial charge in [-0.3, -0.25) is 0 Å². The third-order valence-corrected chi connectivity index (χ3v) is 16.6.